The van der Waals surface area contributed by atoms with E-state index < -0.39 is 7.38 Å². The van der Waals surface area contributed by atoms with E-state index >= 15 is 0 Å². The fourth-order valence-electron chi connectivity index (χ4n) is 6.62. The third kappa shape index (κ3) is 0.235. The van der Waals surface area contributed by atoms with Crippen molar-refractivity contribution in [3.8, 4) is 0 Å². The molecule has 0 nitrogen and oxygen atoms in total. The maximum absolute atomic E-state index is 6.68. The molecule has 6 aliphatic rings. The van der Waals surface area contributed by atoms with Gasteiger partial charge in [0.2, 0.25) is 0 Å². The van der Waals surface area contributed by atoms with Gasteiger partial charge in [-0.1, -0.05) is 13.1 Å². The Balaban J connectivity index is 1.72. The number of hydrogen-bond donors (Lipinski definition) is 0. The van der Waals surface area contributed by atoms with Crippen molar-refractivity contribution < 1.29 is 0 Å². The molecule has 0 aromatic carbocycles. The molecule has 0 unspecified atom stereocenters. The van der Waals surface area contributed by atoms with E-state index in [1.165, 1.54) is 41.4 Å². The van der Waals surface area contributed by atoms with Crippen molar-refractivity contribution in [2.75, 3.05) is 0 Å². The van der Waals surface area contributed by atoms with Crippen molar-refractivity contribution >= 4 is 18.5 Å². The molecule has 64 valence electrons. The van der Waals surface area contributed by atoms with Gasteiger partial charge in [0.25, 0.3) is 0 Å². The molecule has 2 heteroatoms. The maximum atomic E-state index is 6.68. The smallest absolute Gasteiger partial charge is 0.157 e. The van der Waals surface area contributed by atoms with Gasteiger partial charge in [-0.25, -0.2) is 0 Å². The van der Waals surface area contributed by atoms with Gasteiger partial charge in [-0.05, 0) is 46.5 Å². The number of rotatable bonds is 1. The van der Waals surface area contributed by atoms with Crippen molar-refractivity contribution in [3.63, 3.8) is 0 Å². The van der Waals surface area contributed by atoms with Crippen molar-refractivity contribution in [1.29, 1.82) is 0 Å². The molecule has 0 radical (unpaired) electrons. The van der Waals surface area contributed by atoms with Crippen LogP contribution in [0, 0.1) is 41.4 Å². The minimum Gasteiger partial charge on any atom is -0.167 e. The summed E-state index contributed by atoms with van der Waals surface area (Å²) in [6, 6.07) is 0. The van der Waals surface area contributed by atoms with Crippen molar-refractivity contribution in [3.05, 3.63) is 0 Å². The van der Waals surface area contributed by atoms with E-state index in [9.17, 15) is 0 Å². The molecule has 0 bridgehead atoms. The van der Waals surface area contributed by atoms with Crippen LogP contribution in [0.25, 0.3) is 0 Å². The highest BCUT2D eigenvalue weighted by atomic mass is 35.6. The lowest BCUT2D eigenvalue weighted by atomic mass is 9.01. The summed E-state index contributed by atoms with van der Waals surface area (Å²) in [6.07, 6.45) is 0. The molecule has 0 atom stereocenters. The lowest BCUT2D eigenvalue weighted by molar-refractivity contribution is -0.555. The summed E-state index contributed by atoms with van der Waals surface area (Å²) in [5.74, 6) is 8.41. The van der Waals surface area contributed by atoms with Gasteiger partial charge in [-0.3, -0.25) is 0 Å². The highest BCUT2D eigenvalue weighted by Crippen LogP contribution is 3.10. The van der Waals surface area contributed by atoms with Gasteiger partial charge in [0.05, 0.1) is 0 Å². The van der Waals surface area contributed by atoms with Gasteiger partial charge in [-0.15, -0.1) is 0 Å². The van der Waals surface area contributed by atoms with Crippen LogP contribution in [0.3, 0.4) is 0 Å². The first-order chi connectivity index (χ1) is 5.62. The molecule has 12 heavy (non-hydrogen) atoms. The Morgan fingerprint density at radius 3 is 1.58 bits per heavy atom. The molecular weight excluding hydrogens is 184 g/mol. The first-order valence-electron chi connectivity index (χ1n) is 5.31. The molecule has 0 N–H and O–H groups in total. The Hall–Kier alpha value is 0.507. The Kier molecular flexibility index (Phi) is 0.573. The van der Waals surface area contributed by atoms with Crippen LogP contribution in [-0.4, -0.2) is 7.38 Å². The fourth-order valence-corrected chi connectivity index (χ4v) is 11.3. The average Bonchev–Trinajstić information content (AvgIpc) is 2.03. The zero-order chi connectivity index (χ0) is 8.04. The monoisotopic (exact) mass is 196 g/mol. The van der Waals surface area contributed by atoms with Crippen LogP contribution < -0.4 is 0 Å². The molecule has 0 aromatic rings. The van der Waals surface area contributed by atoms with Crippen LogP contribution in [-0.2, 0) is 0 Å². The second-order valence-corrected chi connectivity index (χ2v) is 12.9. The maximum Gasteiger partial charge on any atom is 0.157 e. The Bertz CT molecular complexity index is 278. The predicted octanol–water partition coefficient (Wildman–Crippen LogP) is 2.55. The number of hydrogen-bond acceptors (Lipinski definition) is 0. The van der Waals surface area contributed by atoms with E-state index in [0.29, 0.717) is 0 Å². The summed E-state index contributed by atoms with van der Waals surface area (Å²) in [5.41, 5.74) is 0. The molecule has 6 saturated carbocycles. The van der Waals surface area contributed by atoms with Crippen LogP contribution >= 0.6 is 11.1 Å². The molecule has 0 heterocycles. The molecular formula is C10H13ClSi. The third-order valence-electron chi connectivity index (χ3n) is 6.51. The third-order valence-corrected chi connectivity index (χ3v) is 10.5. The van der Waals surface area contributed by atoms with E-state index in [2.05, 4.69) is 13.1 Å². The van der Waals surface area contributed by atoms with Crippen molar-refractivity contribution in [2.45, 2.75) is 18.1 Å². The van der Waals surface area contributed by atoms with Crippen LogP contribution in [0.15, 0.2) is 0 Å². The van der Waals surface area contributed by atoms with Gasteiger partial charge >= 0.3 is 0 Å². The minimum absolute atomic E-state index is 0.809. The van der Waals surface area contributed by atoms with Gasteiger partial charge < -0.3 is 0 Å². The summed E-state index contributed by atoms with van der Waals surface area (Å²) >= 11 is 6.68. The van der Waals surface area contributed by atoms with E-state index in [1.54, 1.807) is 0 Å². The summed E-state index contributed by atoms with van der Waals surface area (Å²) in [5, 5.41) is 0.809. The minimum atomic E-state index is -1.31. The molecule has 6 aliphatic carbocycles. The van der Waals surface area contributed by atoms with E-state index in [4.69, 9.17) is 11.1 Å². The first kappa shape index (κ1) is 6.08. The van der Waals surface area contributed by atoms with Crippen LogP contribution in [0.1, 0.15) is 0 Å². The topological polar surface area (TPSA) is 0 Å². The Morgan fingerprint density at radius 2 is 1.33 bits per heavy atom. The second-order valence-electron chi connectivity index (χ2n) is 6.29. The molecule has 6 fully saturated rings. The largest absolute Gasteiger partial charge is 0.167 e. The normalized spacial score (nSPS) is 83.8. The standard InChI is InChI=1S/C10H13ClSi/c1-12(2,11)10-7-4-3-5(7)9(10)6(3)8(4)10/h3-9H,1-2H3. The zero-order valence-corrected chi connectivity index (χ0v) is 9.18. The first-order valence-corrected chi connectivity index (χ1v) is 9.32. The van der Waals surface area contributed by atoms with E-state index in [-0.39, 0.29) is 0 Å². The number of halogens is 1. The molecule has 0 saturated heterocycles. The van der Waals surface area contributed by atoms with Crippen LogP contribution in [0.2, 0.25) is 18.1 Å². The SMILES string of the molecule is C[Si](C)(Cl)C12C3C4C5C3C1C5C42. The highest BCUT2D eigenvalue weighted by Gasteiger charge is 3.05. The van der Waals surface area contributed by atoms with Gasteiger partial charge in [0, 0.05) is 0 Å². The predicted molar refractivity (Wildman–Crippen MR) is 50.5 cm³/mol. The van der Waals surface area contributed by atoms with Crippen molar-refractivity contribution in [1.82, 2.24) is 0 Å². The Labute approximate surface area is 78.4 Å². The van der Waals surface area contributed by atoms with Gasteiger partial charge in [0.15, 0.2) is 7.38 Å². The zero-order valence-electron chi connectivity index (χ0n) is 7.42. The molecule has 6 rings (SSSR count). The average molecular weight is 197 g/mol. The van der Waals surface area contributed by atoms with E-state index in [0.717, 1.165) is 5.04 Å². The lowest BCUT2D eigenvalue weighted by Gasteiger charge is -3.09. The second kappa shape index (κ2) is 1.13. The van der Waals surface area contributed by atoms with Crippen LogP contribution in [0.4, 0.5) is 0 Å². The summed E-state index contributed by atoms with van der Waals surface area (Å²) in [6.45, 7) is 4.80. The van der Waals surface area contributed by atoms with Gasteiger partial charge in [-0.2, -0.15) is 11.1 Å². The summed E-state index contributed by atoms with van der Waals surface area (Å²) in [4.78, 5) is 0. The Morgan fingerprint density at radius 1 is 0.917 bits per heavy atom. The summed E-state index contributed by atoms with van der Waals surface area (Å²) < 4.78 is 0. The van der Waals surface area contributed by atoms with Crippen LogP contribution in [0.5, 0.6) is 0 Å². The van der Waals surface area contributed by atoms with Gasteiger partial charge in [0.1, 0.15) is 0 Å². The lowest BCUT2D eigenvalue weighted by Crippen LogP contribution is -3.05. The summed E-state index contributed by atoms with van der Waals surface area (Å²) in [7, 11) is -1.31. The van der Waals surface area contributed by atoms with E-state index in [1.807, 2.05) is 0 Å². The molecule has 0 spiro atoms. The fraction of sp³-hybridized carbons (Fsp3) is 1.00. The molecule has 0 aromatic heterocycles. The molecule has 0 aliphatic heterocycles. The highest BCUT2D eigenvalue weighted by molar-refractivity contribution is 7.21. The molecule has 0 amide bonds. The quantitative estimate of drug-likeness (QED) is 0.447. The van der Waals surface area contributed by atoms with Crippen molar-refractivity contribution in [2.24, 2.45) is 41.4 Å².